The third-order valence-corrected chi connectivity index (χ3v) is 3.20. The number of hydrogen-bond donors (Lipinski definition) is 1. The van der Waals surface area contributed by atoms with E-state index in [1.807, 2.05) is 12.1 Å². The molecule has 0 radical (unpaired) electrons. The van der Waals surface area contributed by atoms with Crippen LogP contribution in [0.4, 0.5) is 0 Å². The summed E-state index contributed by atoms with van der Waals surface area (Å²) in [5.74, 6) is -0.0144. The Morgan fingerprint density at radius 1 is 1.53 bits per heavy atom. The number of amides is 1. The van der Waals surface area contributed by atoms with Crippen molar-refractivity contribution in [2.24, 2.45) is 0 Å². The van der Waals surface area contributed by atoms with Crippen LogP contribution in [0.25, 0.3) is 0 Å². The highest BCUT2D eigenvalue weighted by Gasteiger charge is 2.16. The van der Waals surface area contributed by atoms with E-state index in [9.17, 15) is 4.79 Å². The van der Waals surface area contributed by atoms with Gasteiger partial charge in [-0.05, 0) is 29.7 Å². The fourth-order valence-corrected chi connectivity index (χ4v) is 2.15. The molecule has 1 amide bonds. The molecule has 0 saturated heterocycles. The molecule has 1 aromatic carbocycles. The lowest BCUT2D eigenvalue weighted by atomic mass is 9.94. The number of rotatable bonds is 3. The van der Waals surface area contributed by atoms with Crippen LogP contribution in [0, 0.1) is 0 Å². The molecule has 0 bridgehead atoms. The molecule has 1 aromatic rings. The van der Waals surface area contributed by atoms with E-state index in [-0.39, 0.29) is 5.91 Å². The Morgan fingerprint density at radius 2 is 2.35 bits per heavy atom. The normalized spacial score (nSPS) is 14.2. The minimum Gasteiger partial charge on any atom is -0.312 e. The Balaban J connectivity index is 2.18. The predicted molar refractivity (Wildman–Crippen MR) is 65.3 cm³/mol. The van der Waals surface area contributed by atoms with Gasteiger partial charge in [0.25, 0.3) is 0 Å². The summed E-state index contributed by atoms with van der Waals surface area (Å²) in [6.07, 6.45) is 1.41. The molecule has 0 atom stereocenters. The van der Waals surface area contributed by atoms with Crippen LogP contribution < -0.4 is 5.32 Å². The SMILES string of the molecule is CON(C)C(=O)Cc1cccc2c1CCNC2. The number of carbonyl (C=O) groups excluding carboxylic acids is 1. The van der Waals surface area contributed by atoms with E-state index in [1.165, 1.54) is 23.3 Å². The number of hydroxylamine groups is 2. The summed E-state index contributed by atoms with van der Waals surface area (Å²) < 4.78 is 0. The van der Waals surface area contributed by atoms with Gasteiger partial charge in [0.1, 0.15) is 0 Å². The lowest BCUT2D eigenvalue weighted by molar-refractivity contribution is -0.167. The first kappa shape index (κ1) is 12.1. The second kappa shape index (κ2) is 5.29. The summed E-state index contributed by atoms with van der Waals surface area (Å²) >= 11 is 0. The van der Waals surface area contributed by atoms with E-state index in [0.29, 0.717) is 6.42 Å². The van der Waals surface area contributed by atoms with E-state index < -0.39 is 0 Å². The van der Waals surface area contributed by atoms with Gasteiger partial charge in [-0.15, -0.1) is 0 Å². The maximum Gasteiger partial charge on any atom is 0.250 e. The van der Waals surface area contributed by atoms with Crippen LogP contribution in [-0.2, 0) is 29.0 Å². The quantitative estimate of drug-likeness (QED) is 0.790. The minimum absolute atomic E-state index is 0.0144. The zero-order valence-electron chi connectivity index (χ0n) is 10.3. The van der Waals surface area contributed by atoms with Crippen molar-refractivity contribution < 1.29 is 9.63 Å². The Labute approximate surface area is 102 Å². The van der Waals surface area contributed by atoms with Crippen molar-refractivity contribution in [1.29, 1.82) is 0 Å². The van der Waals surface area contributed by atoms with E-state index >= 15 is 0 Å². The molecule has 17 heavy (non-hydrogen) atoms. The van der Waals surface area contributed by atoms with Gasteiger partial charge in [0.05, 0.1) is 13.5 Å². The lowest BCUT2D eigenvalue weighted by Gasteiger charge is -2.21. The number of carbonyl (C=O) groups is 1. The van der Waals surface area contributed by atoms with E-state index in [1.54, 1.807) is 7.05 Å². The molecule has 0 unspecified atom stereocenters. The molecule has 92 valence electrons. The van der Waals surface area contributed by atoms with Crippen LogP contribution in [0.1, 0.15) is 16.7 Å². The monoisotopic (exact) mass is 234 g/mol. The Hall–Kier alpha value is -1.39. The third kappa shape index (κ3) is 2.65. The van der Waals surface area contributed by atoms with Crippen LogP contribution in [0.2, 0.25) is 0 Å². The van der Waals surface area contributed by atoms with Crippen molar-refractivity contribution in [2.45, 2.75) is 19.4 Å². The van der Waals surface area contributed by atoms with Crippen LogP contribution in [0.5, 0.6) is 0 Å². The molecule has 0 spiro atoms. The molecule has 1 heterocycles. The van der Waals surface area contributed by atoms with E-state index in [4.69, 9.17) is 4.84 Å². The number of fused-ring (bicyclic) bond motifs is 1. The molecule has 0 fully saturated rings. The summed E-state index contributed by atoms with van der Waals surface area (Å²) in [5, 5.41) is 4.61. The Morgan fingerprint density at radius 3 is 3.12 bits per heavy atom. The topological polar surface area (TPSA) is 41.6 Å². The summed E-state index contributed by atoms with van der Waals surface area (Å²) in [4.78, 5) is 16.7. The molecule has 0 aromatic heterocycles. The van der Waals surface area contributed by atoms with Crippen molar-refractivity contribution in [1.82, 2.24) is 10.4 Å². The van der Waals surface area contributed by atoms with Crippen molar-refractivity contribution in [2.75, 3.05) is 20.7 Å². The van der Waals surface area contributed by atoms with Gasteiger partial charge in [-0.3, -0.25) is 9.63 Å². The number of hydrogen-bond acceptors (Lipinski definition) is 3. The maximum absolute atomic E-state index is 11.8. The van der Waals surface area contributed by atoms with Crippen molar-refractivity contribution >= 4 is 5.91 Å². The van der Waals surface area contributed by atoms with Gasteiger partial charge in [-0.25, -0.2) is 5.06 Å². The first-order valence-corrected chi connectivity index (χ1v) is 5.83. The van der Waals surface area contributed by atoms with E-state index in [0.717, 1.165) is 25.1 Å². The molecule has 4 heteroatoms. The number of nitrogens with zero attached hydrogens (tertiary/aromatic N) is 1. The highest BCUT2D eigenvalue weighted by molar-refractivity contribution is 5.78. The molecule has 0 aliphatic carbocycles. The fraction of sp³-hybridized carbons (Fsp3) is 0.462. The van der Waals surface area contributed by atoms with Gasteiger partial charge in [-0.1, -0.05) is 18.2 Å². The zero-order valence-corrected chi connectivity index (χ0v) is 10.3. The fourth-order valence-electron chi connectivity index (χ4n) is 2.15. The second-order valence-electron chi connectivity index (χ2n) is 4.23. The van der Waals surface area contributed by atoms with Gasteiger partial charge in [0, 0.05) is 13.6 Å². The first-order chi connectivity index (χ1) is 8.22. The Bertz CT molecular complexity index is 418. The number of nitrogens with one attached hydrogen (secondary N) is 1. The second-order valence-corrected chi connectivity index (χ2v) is 4.23. The van der Waals surface area contributed by atoms with E-state index in [2.05, 4.69) is 11.4 Å². The summed E-state index contributed by atoms with van der Waals surface area (Å²) in [6.45, 7) is 1.88. The van der Waals surface area contributed by atoms with Gasteiger partial charge in [0.15, 0.2) is 0 Å². The lowest BCUT2D eigenvalue weighted by Crippen LogP contribution is -2.29. The number of benzene rings is 1. The standard InChI is InChI=1S/C13H18N2O2/c1-15(17-2)13(16)8-10-4-3-5-11-9-14-7-6-12(10)11/h3-5,14H,6-9H2,1-2H3. The third-order valence-electron chi connectivity index (χ3n) is 3.20. The summed E-state index contributed by atoms with van der Waals surface area (Å²) in [6, 6.07) is 6.17. The molecule has 2 rings (SSSR count). The molecule has 1 N–H and O–H groups in total. The molecule has 0 saturated carbocycles. The van der Waals surface area contributed by atoms with Gasteiger partial charge < -0.3 is 5.32 Å². The minimum atomic E-state index is -0.0144. The van der Waals surface area contributed by atoms with Crippen molar-refractivity contribution in [3.63, 3.8) is 0 Å². The average Bonchev–Trinajstić information content (AvgIpc) is 2.38. The Kier molecular flexibility index (Phi) is 3.76. The molecular weight excluding hydrogens is 216 g/mol. The number of likely N-dealkylation sites (N-methyl/N-ethyl adjacent to an activating group) is 1. The van der Waals surface area contributed by atoms with Gasteiger partial charge >= 0.3 is 0 Å². The molecule has 4 nitrogen and oxygen atoms in total. The van der Waals surface area contributed by atoms with Gasteiger partial charge in [-0.2, -0.15) is 0 Å². The predicted octanol–water partition coefficient (Wildman–Crippen LogP) is 0.895. The van der Waals surface area contributed by atoms with Crippen molar-refractivity contribution in [3.05, 3.63) is 34.9 Å². The smallest absolute Gasteiger partial charge is 0.250 e. The largest absolute Gasteiger partial charge is 0.312 e. The maximum atomic E-state index is 11.8. The highest BCUT2D eigenvalue weighted by Crippen LogP contribution is 2.19. The molecule has 1 aliphatic rings. The zero-order chi connectivity index (χ0) is 12.3. The van der Waals surface area contributed by atoms with Crippen LogP contribution in [0.15, 0.2) is 18.2 Å². The van der Waals surface area contributed by atoms with Crippen LogP contribution in [-0.4, -0.2) is 31.7 Å². The highest BCUT2D eigenvalue weighted by atomic mass is 16.7. The van der Waals surface area contributed by atoms with Crippen LogP contribution in [0.3, 0.4) is 0 Å². The summed E-state index contributed by atoms with van der Waals surface area (Å²) in [7, 11) is 3.14. The molecular formula is C13H18N2O2. The first-order valence-electron chi connectivity index (χ1n) is 5.83. The summed E-state index contributed by atoms with van der Waals surface area (Å²) in [5.41, 5.74) is 3.75. The van der Waals surface area contributed by atoms with Crippen LogP contribution >= 0.6 is 0 Å². The van der Waals surface area contributed by atoms with Gasteiger partial charge in [0.2, 0.25) is 5.91 Å². The van der Waals surface area contributed by atoms with Crippen molar-refractivity contribution in [3.8, 4) is 0 Å². The average molecular weight is 234 g/mol. The molecule has 1 aliphatic heterocycles.